The summed E-state index contributed by atoms with van der Waals surface area (Å²) in [7, 11) is 0. The van der Waals surface area contributed by atoms with Gasteiger partial charge in [-0.05, 0) is 112 Å². The van der Waals surface area contributed by atoms with Crippen LogP contribution in [0.15, 0.2) is 58.9 Å². The molecule has 5 rings (SSSR count). The minimum atomic E-state index is -0.563. The topological polar surface area (TPSA) is 75.6 Å². The van der Waals surface area contributed by atoms with E-state index in [0.717, 1.165) is 74.7 Å². The first-order valence-corrected chi connectivity index (χ1v) is 16.5. The van der Waals surface area contributed by atoms with Crippen LogP contribution in [-0.4, -0.2) is 23.0 Å². The Kier molecular flexibility index (Phi) is 9.78. The van der Waals surface area contributed by atoms with Crippen molar-refractivity contribution in [2.45, 2.75) is 123 Å². The second-order valence-electron chi connectivity index (χ2n) is 13.2. The van der Waals surface area contributed by atoms with Crippen LogP contribution < -0.4 is 5.32 Å². The van der Waals surface area contributed by atoms with Crippen molar-refractivity contribution in [3.05, 3.63) is 86.8 Å². The molecule has 2 aromatic rings. The van der Waals surface area contributed by atoms with Crippen LogP contribution in [-0.2, 0) is 14.3 Å². The van der Waals surface area contributed by atoms with E-state index in [9.17, 15) is 14.7 Å². The Morgan fingerprint density at radius 3 is 2.40 bits per heavy atom. The molecule has 5 heteroatoms. The lowest BCUT2D eigenvalue weighted by Gasteiger charge is -2.38. The van der Waals surface area contributed by atoms with Crippen molar-refractivity contribution in [1.82, 2.24) is 5.32 Å². The number of hydrogen-bond acceptors (Lipinski definition) is 5. The van der Waals surface area contributed by atoms with Crippen LogP contribution >= 0.6 is 0 Å². The molecule has 0 spiro atoms. The lowest BCUT2D eigenvalue weighted by molar-refractivity contribution is -0.144. The van der Waals surface area contributed by atoms with E-state index in [1.54, 1.807) is 18.2 Å². The van der Waals surface area contributed by atoms with Gasteiger partial charge in [-0.15, -0.1) is 0 Å². The van der Waals surface area contributed by atoms with Crippen molar-refractivity contribution in [1.29, 1.82) is 0 Å². The highest BCUT2D eigenvalue weighted by atomic mass is 16.5. The number of ketones is 1. The van der Waals surface area contributed by atoms with E-state index >= 15 is 0 Å². The number of carbonyl (C=O) groups is 2. The smallest absolute Gasteiger partial charge is 0.337 e. The number of rotatable bonds is 10. The molecule has 0 bridgehead atoms. The largest absolute Gasteiger partial charge is 0.508 e. The Balaban J connectivity index is 1.60. The number of esters is 1. The fourth-order valence-electron chi connectivity index (χ4n) is 8.00. The Bertz CT molecular complexity index is 1400. The molecule has 3 unspecified atom stereocenters. The average Bonchev–Trinajstić information content (AvgIpc) is 3.47. The summed E-state index contributed by atoms with van der Waals surface area (Å²) in [4.78, 5) is 28.4. The number of aryl methyl sites for hydroxylation is 3. The first-order valence-electron chi connectivity index (χ1n) is 16.5. The molecule has 0 saturated heterocycles. The molecule has 3 aliphatic rings. The number of phenols is 1. The maximum Gasteiger partial charge on any atom is 0.337 e. The fourth-order valence-corrected chi connectivity index (χ4v) is 8.00. The third-order valence-corrected chi connectivity index (χ3v) is 9.93. The van der Waals surface area contributed by atoms with Gasteiger partial charge in [-0.25, -0.2) is 4.79 Å². The second kappa shape index (κ2) is 13.5. The fraction of sp³-hybridized carbons (Fsp3) is 0.526. The molecule has 2 aromatic carbocycles. The van der Waals surface area contributed by atoms with Crippen LogP contribution in [0.1, 0.15) is 124 Å². The van der Waals surface area contributed by atoms with Crippen LogP contribution in [0.25, 0.3) is 0 Å². The molecule has 3 atom stereocenters. The maximum absolute atomic E-state index is 14.3. The van der Waals surface area contributed by atoms with Crippen molar-refractivity contribution < 1.29 is 19.4 Å². The summed E-state index contributed by atoms with van der Waals surface area (Å²) in [6, 6.07) is 11.5. The zero-order chi connectivity index (χ0) is 30.7. The number of aromatic hydroxyl groups is 1. The number of benzene rings is 2. The number of allylic oxidation sites excluding steroid dienone is 3. The zero-order valence-corrected chi connectivity index (χ0v) is 26.7. The molecular formula is C38H49NO4. The standard InChI is InChI=1S/C38H49NO4/c1-6-11-26(7-2)16-17-31-37(38(42)43-30-14-8-9-15-30)35(27-12-10-13-29(40)20-27)36-32(39-31)21-28(22-33(36)41)34-24(4)18-23(3)19-25(34)5/h10,12-13,18-20,26,28,30,35,39-40H,6-9,11,14-17,21-22H2,1-5H3. The van der Waals surface area contributed by atoms with Crippen molar-refractivity contribution in [2.75, 3.05) is 0 Å². The van der Waals surface area contributed by atoms with Gasteiger partial charge in [0.2, 0.25) is 0 Å². The highest BCUT2D eigenvalue weighted by Gasteiger charge is 2.43. The lowest BCUT2D eigenvalue weighted by atomic mass is 9.70. The van der Waals surface area contributed by atoms with Crippen molar-refractivity contribution >= 4 is 11.8 Å². The van der Waals surface area contributed by atoms with Gasteiger partial charge >= 0.3 is 5.97 Å². The van der Waals surface area contributed by atoms with Gasteiger partial charge in [-0.1, -0.05) is 62.9 Å². The molecule has 1 heterocycles. The van der Waals surface area contributed by atoms with Crippen LogP contribution in [0.3, 0.4) is 0 Å². The minimum Gasteiger partial charge on any atom is -0.508 e. The summed E-state index contributed by atoms with van der Waals surface area (Å²) in [5.41, 5.74) is 8.72. The third-order valence-electron chi connectivity index (χ3n) is 9.93. The van der Waals surface area contributed by atoms with E-state index in [1.807, 2.05) is 6.07 Å². The predicted molar refractivity (Wildman–Crippen MR) is 172 cm³/mol. The summed E-state index contributed by atoms with van der Waals surface area (Å²) in [5, 5.41) is 14.2. The molecular weight excluding hydrogens is 534 g/mol. The van der Waals surface area contributed by atoms with Gasteiger partial charge in [-0.2, -0.15) is 0 Å². The van der Waals surface area contributed by atoms with Gasteiger partial charge in [-0.3, -0.25) is 4.79 Å². The Labute approximate surface area is 257 Å². The number of Topliss-reactive ketones (excluding diaryl/α,β-unsaturated/α-hetero) is 1. The summed E-state index contributed by atoms with van der Waals surface area (Å²) in [5.74, 6) is -0.0518. The van der Waals surface area contributed by atoms with Crippen molar-refractivity contribution in [2.24, 2.45) is 5.92 Å². The molecule has 2 N–H and O–H groups in total. The van der Waals surface area contributed by atoms with E-state index < -0.39 is 5.92 Å². The van der Waals surface area contributed by atoms with E-state index in [0.29, 0.717) is 29.9 Å². The number of nitrogens with one attached hydrogen (secondary N) is 1. The van der Waals surface area contributed by atoms with Gasteiger partial charge in [0.25, 0.3) is 0 Å². The number of hydrogen-bond donors (Lipinski definition) is 2. The maximum atomic E-state index is 14.3. The summed E-state index contributed by atoms with van der Waals surface area (Å²) in [6.45, 7) is 10.9. The minimum absolute atomic E-state index is 0.0640. The number of ether oxygens (including phenoxy) is 1. The van der Waals surface area contributed by atoms with E-state index in [4.69, 9.17) is 4.74 Å². The molecule has 5 nitrogen and oxygen atoms in total. The molecule has 0 radical (unpaired) electrons. The second-order valence-corrected chi connectivity index (χ2v) is 13.2. The molecule has 0 aromatic heterocycles. The van der Waals surface area contributed by atoms with Gasteiger partial charge < -0.3 is 15.2 Å². The highest BCUT2D eigenvalue weighted by molar-refractivity contribution is 6.04. The first-order chi connectivity index (χ1) is 20.7. The summed E-state index contributed by atoms with van der Waals surface area (Å²) in [6.07, 6.45) is 10.0. The molecule has 230 valence electrons. The molecule has 2 aliphatic carbocycles. The molecule has 43 heavy (non-hydrogen) atoms. The Morgan fingerprint density at radius 1 is 1.02 bits per heavy atom. The molecule has 1 aliphatic heterocycles. The average molecular weight is 584 g/mol. The van der Waals surface area contributed by atoms with Gasteiger partial charge in [0.1, 0.15) is 11.9 Å². The van der Waals surface area contributed by atoms with E-state index in [-0.39, 0.29) is 29.5 Å². The number of phenolic OH excluding ortho intramolecular Hbond substituents is 1. The molecule has 1 saturated carbocycles. The zero-order valence-electron chi connectivity index (χ0n) is 26.7. The van der Waals surface area contributed by atoms with Crippen molar-refractivity contribution in [3.8, 4) is 5.75 Å². The van der Waals surface area contributed by atoms with Crippen LogP contribution in [0.5, 0.6) is 5.75 Å². The van der Waals surface area contributed by atoms with Gasteiger partial charge in [0.05, 0.1) is 5.57 Å². The molecule has 0 amide bonds. The Hall–Kier alpha value is -3.34. The number of dihydropyridines is 1. The van der Waals surface area contributed by atoms with E-state index in [1.165, 1.54) is 22.3 Å². The van der Waals surface area contributed by atoms with Crippen LogP contribution in [0, 0.1) is 26.7 Å². The normalized spacial score (nSPS) is 21.6. The van der Waals surface area contributed by atoms with Crippen LogP contribution in [0.2, 0.25) is 0 Å². The lowest BCUT2D eigenvalue weighted by Crippen LogP contribution is -2.37. The predicted octanol–water partition coefficient (Wildman–Crippen LogP) is 8.75. The van der Waals surface area contributed by atoms with Gasteiger partial charge in [0.15, 0.2) is 5.78 Å². The van der Waals surface area contributed by atoms with Gasteiger partial charge in [0, 0.05) is 29.3 Å². The quantitative estimate of drug-likeness (QED) is 0.274. The van der Waals surface area contributed by atoms with Crippen LogP contribution in [0.4, 0.5) is 0 Å². The third kappa shape index (κ3) is 6.76. The van der Waals surface area contributed by atoms with Crippen molar-refractivity contribution in [3.63, 3.8) is 0 Å². The highest BCUT2D eigenvalue weighted by Crippen LogP contribution is 2.48. The first kappa shape index (κ1) is 31.1. The van der Waals surface area contributed by atoms with E-state index in [2.05, 4.69) is 52.1 Å². The molecule has 1 fully saturated rings. The number of carbonyl (C=O) groups excluding carboxylic acids is 2. The summed E-state index contributed by atoms with van der Waals surface area (Å²) >= 11 is 0. The summed E-state index contributed by atoms with van der Waals surface area (Å²) < 4.78 is 6.16. The monoisotopic (exact) mass is 583 g/mol. The Morgan fingerprint density at radius 2 is 1.74 bits per heavy atom. The SMILES string of the molecule is CCCC(CC)CCC1=C(C(=O)OC2CCCC2)C(c2cccc(O)c2)C2=C(CC(c3c(C)cc(C)cc3C)CC2=O)N1.